The molecule has 0 atom stereocenters. The average molecular weight is 381 g/mol. The number of methoxy groups -OCH3 is 2. The Morgan fingerprint density at radius 2 is 1.67 bits per heavy atom. The Kier molecular flexibility index (Phi) is 6.93. The molecular weight excluding hydrogens is 364 g/mol. The zero-order chi connectivity index (χ0) is 19.8. The highest BCUT2D eigenvalue weighted by Gasteiger charge is 2.12. The van der Waals surface area contributed by atoms with Crippen LogP contribution in [0.25, 0.3) is 0 Å². The van der Waals surface area contributed by atoms with E-state index in [2.05, 4.69) is 10.1 Å². The maximum atomic E-state index is 12.1. The van der Waals surface area contributed by atoms with Gasteiger partial charge in [-0.3, -0.25) is 4.79 Å². The summed E-state index contributed by atoms with van der Waals surface area (Å²) in [6, 6.07) is 9.68. The number of rotatable bonds is 8. The number of alkyl halides is 2. The molecule has 2 aromatic rings. The first kappa shape index (κ1) is 20.0. The maximum Gasteiger partial charge on any atom is 0.387 e. The van der Waals surface area contributed by atoms with Crippen LogP contribution in [-0.4, -0.2) is 39.3 Å². The lowest BCUT2D eigenvalue weighted by atomic mass is 10.2. The van der Waals surface area contributed by atoms with Gasteiger partial charge in [-0.05, 0) is 36.4 Å². The molecule has 0 bridgehead atoms. The molecule has 0 unspecified atom stereocenters. The van der Waals surface area contributed by atoms with Crippen LogP contribution >= 0.6 is 0 Å². The number of benzene rings is 2. The van der Waals surface area contributed by atoms with Gasteiger partial charge in [0.25, 0.3) is 5.91 Å². The van der Waals surface area contributed by atoms with Crippen LogP contribution in [0.2, 0.25) is 0 Å². The molecule has 0 aromatic heterocycles. The summed E-state index contributed by atoms with van der Waals surface area (Å²) in [5, 5.41) is 2.55. The number of esters is 1. The molecule has 0 aliphatic heterocycles. The Hall–Kier alpha value is -3.36. The van der Waals surface area contributed by atoms with Crippen molar-refractivity contribution in [3.05, 3.63) is 48.0 Å². The SMILES string of the molecule is COc1ccc(NC(=O)COC(=O)c2ccc(OC(F)F)cc2)cc1OC. The highest BCUT2D eigenvalue weighted by molar-refractivity contribution is 5.95. The second-order valence-corrected chi connectivity index (χ2v) is 5.10. The van der Waals surface area contributed by atoms with E-state index in [1.54, 1.807) is 18.2 Å². The molecule has 0 fully saturated rings. The topological polar surface area (TPSA) is 83.1 Å². The predicted molar refractivity (Wildman–Crippen MR) is 91.5 cm³/mol. The normalized spacial score (nSPS) is 10.3. The number of halogens is 2. The lowest BCUT2D eigenvalue weighted by Gasteiger charge is -2.11. The monoisotopic (exact) mass is 381 g/mol. The van der Waals surface area contributed by atoms with Gasteiger partial charge >= 0.3 is 12.6 Å². The van der Waals surface area contributed by atoms with Crippen LogP contribution in [0.1, 0.15) is 10.4 Å². The van der Waals surface area contributed by atoms with E-state index in [0.29, 0.717) is 17.2 Å². The highest BCUT2D eigenvalue weighted by atomic mass is 19.3. The molecule has 0 saturated carbocycles. The molecule has 1 N–H and O–H groups in total. The molecule has 0 spiro atoms. The van der Waals surface area contributed by atoms with Gasteiger partial charge < -0.3 is 24.3 Å². The van der Waals surface area contributed by atoms with Crippen molar-refractivity contribution >= 4 is 17.6 Å². The van der Waals surface area contributed by atoms with Crippen LogP contribution in [0, 0.1) is 0 Å². The van der Waals surface area contributed by atoms with Gasteiger partial charge in [-0.2, -0.15) is 8.78 Å². The van der Waals surface area contributed by atoms with E-state index < -0.39 is 25.1 Å². The standard InChI is InChI=1S/C18H17F2NO6/c1-24-14-8-5-12(9-15(14)25-2)21-16(22)10-26-17(23)11-3-6-13(7-4-11)27-18(19)20/h3-9,18H,10H2,1-2H3,(H,21,22). The third-order valence-electron chi connectivity index (χ3n) is 3.32. The minimum absolute atomic E-state index is 0.0900. The smallest absolute Gasteiger partial charge is 0.387 e. The number of carbonyl (C=O) groups is 2. The molecule has 7 nitrogen and oxygen atoms in total. The predicted octanol–water partition coefficient (Wildman–Crippen LogP) is 3.10. The first-order valence-corrected chi connectivity index (χ1v) is 7.67. The summed E-state index contributed by atoms with van der Waals surface area (Å²) in [4.78, 5) is 23.8. The van der Waals surface area contributed by atoms with Crippen LogP contribution in [0.15, 0.2) is 42.5 Å². The molecule has 9 heteroatoms. The maximum absolute atomic E-state index is 12.1. The van der Waals surface area contributed by atoms with Gasteiger partial charge in [0, 0.05) is 11.8 Å². The van der Waals surface area contributed by atoms with E-state index in [-0.39, 0.29) is 11.3 Å². The van der Waals surface area contributed by atoms with Crippen molar-refractivity contribution in [2.24, 2.45) is 0 Å². The number of hydrogen-bond acceptors (Lipinski definition) is 6. The highest BCUT2D eigenvalue weighted by Crippen LogP contribution is 2.29. The molecule has 27 heavy (non-hydrogen) atoms. The second-order valence-electron chi connectivity index (χ2n) is 5.10. The first-order chi connectivity index (χ1) is 12.9. The van der Waals surface area contributed by atoms with Crippen LogP contribution in [0.3, 0.4) is 0 Å². The van der Waals surface area contributed by atoms with Gasteiger partial charge in [0.1, 0.15) is 5.75 Å². The van der Waals surface area contributed by atoms with E-state index in [4.69, 9.17) is 14.2 Å². The summed E-state index contributed by atoms with van der Waals surface area (Å²) in [6.07, 6.45) is 0. The molecule has 0 aliphatic rings. The molecule has 1 amide bonds. The Morgan fingerprint density at radius 3 is 2.26 bits per heavy atom. The Labute approximate surface area is 153 Å². The molecular formula is C18H17F2NO6. The third kappa shape index (κ3) is 5.84. The Bertz CT molecular complexity index is 795. The number of anilines is 1. The van der Waals surface area contributed by atoms with Crippen LogP contribution in [0.4, 0.5) is 14.5 Å². The lowest BCUT2D eigenvalue weighted by Crippen LogP contribution is -2.21. The summed E-state index contributed by atoms with van der Waals surface area (Å²) < 4.78 is 43.5. The summed E-state index contributed by atoms with van der Waals surface area (Å²) in [5.41, 5.74) is 0.526. The van der Waals surface area contributed by atoms with Crippen LogP contribution in [-0.2, 0) is 9.53 Å². The average Bonchev–Trinajstić information content (AvgIpc) is 2.66. The van der Waals surface area contributed by atoms with Crippen molar-refractivity contribution in [2.45, 2.75) is 6.61 Å². The van der Waals surface area contributed by atoms with Gasteiger partial charge in [-0.15, -0.1) is 0 Å². The van der Waals surface area contributed by atoms with Crippen molar-refractivity contribution in [3.8, 4) is 17.2 Å². The molecule has 2 aromatic carbocycles. The number of ether oxygens (including phenoxy) is 4. The van der Waals surface area contributed by atoms with Gasteiger partial charge in [-0.25, -0.2) is 4.79 Å². The van der Waals surface area contributed by atoms with Crippen LogP contribution < -0.4 is 19.5 Å². The van der Waals surface area contributed by atoms with E-state index in [1.165, 1.54) is 38.5 Å². The van der Waals surface area contributed by atoms with Crippen molar-refractivity contribution in [3.63, 3.8) is 0 Å². The minimum Gasteiger partial charge on any atom is -0.493 e. The third-order valence-corrected chi connectivity index (χ3v) is 3.32. The molecule has 0 heterocycles. The lowest BCUT2D eigenvalue weighted by molar-refractivity contribution is -0.119. The van der Waals surface area contributed by atoms with Crippen LogP contribution in [0.5, 0.6) is 17.2 Å². The molecule has 0 radical (unpaired) electrons. The van der Waals surface area contributed by atoms with Crippen molar-refractivity contribution in [1.29, 1.82) is 0 Å². The summed E-state index contributed by atoms with van der Waals surface area (Å²) in [7, 11) is 2.95. The van der Waals surface area contributed by atoms with E-state index >= 15 is 0 Å². The summed E-state index contributed by atoms with van der Waals surface area (Å²) >= 11 is 0. The molecule has 144 valence electrons. The van der Waals surface area contributed by atoms with E-state index in [1.807, 2.05) is 0 Å². The second kappa shape index (κ2) is 9.37. The fraction of sp³-hybridized carbons (Fsp3) is 0.222. The Morgan fingerprint density at radius 1 is 1.00 bits per heavy atom. The number of carbonyl (C=O) groups excluding carboxylic acids is 2. The number of amides is 1. The fourth-order valence-corrected chi connectivity index (χ4v) is 2.10. The van der Waals surface area contributed by atoms with Crippen molar-refractivity contribution in [1.82, 2.24) is 0 Å². The van der Waals surface area contributed by atoms with E-state index in [9.17, 15) is 18.4 Å². The van der Waals surface area contributed by atoms with Gasteiger partial charge in [0.2, 0.25) is 0 Å². The summed E-state index contributed by atoms with van der Waals surface area (Å²) in [5.74, 6) is -0.498. The zero-order valence-electron chi connectivity index (χ0n) is 14.5. The first-order valence-electron chi connectivity index (χ1n) is 7.67. The van der Waals surface area contributed by atoms with Crippen molar-refractivity contribution in [2.75, 3.05) is 26.1 Å². The summed E-state index contributed by atoms with van der Waals surface area (Å²) in [6.45, 7) is -3.48. The van der Waals surface area contributed by atoms with Gasteiger partial charge in [-0.1, -0.05) is 0 Å². The number of hydrogen-bond donors (Lipinski definition) is 1. The minimum atomic E-state index is -2.96. The quantitative estimate of drug-likeness (QED) is 0.708. The molecule has 0 saturated heterocycles. The van der Waals surface area contributed by atoms with Crippen molar-refractivity contribution < 1.29 is 37.3 Å². The van der Waals surface area contributed by atoms with Gasteiger partial charge in [0.15, 0.2) is 18.1 Å². The molecule has 0 aliphatic carbocycles. The molecule has 2 rings (SSSR count). The largest absolute Gasteiger partial charge is 0.493 e. The van der Waals surface area contributed by atoms with E-state index in [0.717, 1.165) is 0 Å². The zero-order valence-corrected chi connectivity index (χ0v) is 14.5. The Balaban J connectivity index is 1.88. The fourth-order valence-electron chi connectivity index (χ4n) is 2.10. The van der Waals surface area contributed by atoms with Gasteiger partial charge in [0.05, 0.1) is 19.8 Å². The number of nitrogens with one attached hydrogen (secondary N) is 1.